The summed E-state index contributed by atoms with van der Waals surface area (Å²) in [5, 5.41) is 13.0. The van der Waals surface area contributed by atoms with Gasteiger partial charge in [-0.15, -0.1) is 11.3 Å². The third kappa shape index (κ3) is 3.37. The van der Waals surface area contributed by atoms with E-state index in [1.807, 2.05) is 18.0 Å². The van der Waals surface area contributed by atoms with Crippen LogP contribution in [0, 0.1) is 0 Å². The summed E-state index contributed by atoms with van der Waals surface area (Å²) in [6, 6.07) is 4.77. The minimum atomic E-state index is 0.575. The molecule has 0 amide bonds. The molecule has 2 heterocycles. The third-order valence-corrected chi connectivity index (χ3v) is 4.55. The first-order chi connectivity index (χ1) is 8.85. The van der Waals surface area contributed by atoms with Crippen LogP contribution in [0.1, 0.15) is 18.9 Å². The molecule has 0 saturated heterocycles. The first kappa shape index (κ1) is 13.6. The number of thioether (sulfide) groups is 1. The number of aromatic amines is 1. The number of thiophene rings is 1. The quantitative estimate of drug-likeness (QED) is 0.817. The number of nitrogens with one attached hydrogen (secondary N) is 2. The highest BCUT2D eigenvalue weighted by Crippen LogP contribution is 2.25. The van der Waals surface area contributed by atoms with Gasteiger partial charge in [-0.2, -0.15) is 16.9 Å². The van der Waals surface area contributed by atoms with Crippen LogP contribution < -0.4 is 5.32 Å². The molecule has 2 rings (SSSR count). The minimum Gasteiger partial charge on any atom is -0.309 e. The SMILES string of the molecule is CCC(CSC)NCc1cn[nH]c1-c1cccs1. The lowest BCUT2D eigenvalue weighted by Gasteiger charge is -2.15. The highest BCUT2D eigenvalue weighted by molar-refractivity contribution is 7.98. The Kier molecular flexibility index (Phi) is 5.28. The predicted molar refractivity (Wildman–Crippen MR) is 81.2 cm³/mol. The van der Waals surface area contributed by atoms with E-state index in [1.165, 1.54) is 10.4 Å². The molecule has 98 valence electrons. The van der Waals surface area contributed by atoms with E-state index < -0.39 is 0 Å². The molecule has 0 saturated carbocycles. The smallest absolute Gasteiger partial charge is 0.0794 e. The number of aromatic nitrogens is 2. The van der Waals surface area contributed by atoms with E-state index in [0.717, 1.165) is 24.4 Å². The van der Waals surface area contributed by atoms with E-state index in [4.69, 9.17) is 0 Å². The number of H-pyrrole nitrogens is 1. The zero-order valence-electron chi connectivity index (χ0n) is 10.8. The molecule has 0 aromatic carbocycles. The summed E-state index contributed by atoms with van der Waals surface area (Å²) in [5.74, 6) is 1.16. The van der Waals surface area contributed by atoms with Crippen molar-refractivity contribution >= 4 is 23.1 Å². The summed E-state index contributed by atoms with van der Waals surface area (Å²) < 4.78 is 0. The Morgan fingerprint density at radius 3 is 3.11 bits per heavy atom. The van der Waals surface area contributed by atoms with Crippen LogP contribution in [0.25, 0.3) is 10.6 Å². The van der Waals surface area contributed by atoms with Gasteiger partial charge in [0.05, 0.1) is 16.8 Å². The van der Waals surface area contributed by atoms with Crippen LogP contribution in [0.2, 0.25) is 0 Å². The van der Waals surface area contributed by atoms with E-state index in [1.54, 1.807) is 11.3 Å². The Hall–Kier alpha value is -0.780. The van der Waals surface area contributed by atoms with Crippen LogP contribution in [-0.2, 0) is 6.54 Å². The second-order valence-electron chi connectivity index (χ2n) is 4.19. The highest BCUT2D eigenvalue weighted by atomic mass is 32.2. The standard InChI is InChI=1S/C13H19N3S2/c1-3-11(9-17-2)14-7-10-8-15-16-13(10)12-5-4-6-18-12/h4-6,8,11,14H,3,7,9H2,1-2H3,(H,15,16). The largest absolute Gasteiger partial charge is 0.309 e. The van der Waals surface area contributed by atoms with Crippen molar-refractivity contribution in [2.24, 2.45) is 0 Å². The Labute approximate surface area is 116 Å². The monoisotopic (exact) mass is 281 g/mol. The van der Waals surface area contributed by atoms with Crippen LogP contribution in [0.4, 0.5) is 0 Å². The van der Waals surface area contributed by atoms with Gasteiger partial charge in [-0.3, -0.25) is 5.10 Å². The summed E-state index contributed by atoms with van der Waals surface area (Å²) in [7, 11) is 0. The van der Waals surface area contributed by atoms with E-state index in [-0.39, 0.29) is 0 Å². The third-order valence-electron chi connectivity index (χ3n) is 2.93. The molecule has 5 heteroatoms. The summed E-state index contributed by atoms with van der Waals surface area (Å²) in [4.78, 5) is 1.25. The van der Waals surface area contributed by atoms with Gasteiger partial charge in [0.25, 0.3) is 0 Å². The summed E-state index contributed by atoms with van der Waals surface area (Å²) in [6.45, 7) is 3.10. The normalized spacial score (nSPS) is 12.8. The molecule has 2 aromatic rings. The first-order valence-corrected chi connectivity index (χ1v) is 8.41. The van der Waals surface area contributed by atoms with Crippen molar-refractivity contribution in [1.82, 2.24) is 15.5 Å². The summed E-state index contributed by atoms with van der Waals surface area (Å²) >= 11 is 3.63. The molecule has 0 radical (unpaired) electrons. The zero-order chi connectivity index (χ0) is 12.8. The lowest BCUT2D eigenvalue weighted by molar-refractivity contribution is 0.542. The molecule has 0 aliphatic heterocycles. The molecule has 0 aliphatic rings. The predicted octanol–water partition coefficient (Wildman–Crippen LogP) is 3.37. The van der Waals surface area contributed by atoms with E-state index >= 15 is 0 Å². The number of nitrogens with zero attached hydrogens (tertiary/aromatic N) is 1. The molecule has 0 spiro atoms. The Bertz CT molecular complexity index is 451. The fourth-order valence-electron chi connectivity index (χ4n) is 1.86. The Morgan fingerprint density at radius 1 is 1.56 bits per heavy atom. The van der Waals surface area contributed by atoms with Gasteiger partial charge < -0.3 is 5.32 Å². The van der Waals surface area contributed by atoms with Gasteiger partial charge in [0.2, 0.25) is 0 Å². The van der Waals surface area contributed by atoms with Crippen molar-refractivity contribution < 1.29 is 0 Å². The zero-order valence-corrected chi connectivity index (χ0v) is 12.4. The van der Waals surface area contributed by atoms with Crippen LogP contribution in [0.3, 0.4) is 0 Å². The molecule has 2 aromatic heterocycles. The van der Waals surface area contributed by atoms with Crippen molar-refractivity contribution in [2.75, 3.05) is 12.0 Å². The highest BCUT2D eigenvalue weighted by Gasteiger charge is 2.10. The van der Waals surface area contributed by atoms with Crippen molar-refractivity contribution in [1.29, 1.82) is 0 Å². The second kappa shape index (κ2) is 6.97. The van der Waals surface area contributed by atoms with Crippen molar-refractivity contribution in [3.63, 3.8) is 0 Å². The average molecular weight is 281 g/mol. The second-order valence-corrected chi connectivity index (χ2v) is 6.05. The lowest BCUT2D eigenvalue weighted by atomic mass is 10.2. The van der Waals surface area contributed by atoms with Gasteiger partial charge in [0, 0.05) is 23.9 Å². The Balaban J connectivity index is 2.00. The number of hydrogen-bond acceptors (Lipinski definition) is 4. The van der Waals surface area contributed by atoms with E-state index in [9.17, 15) is 0 Å². The molecular weight excluding hydrogens is 262 g/mol. The molecule has 0 bridgehead atoms. The van der Waals surface area contributed by atoms with E-state index in [0.29, 0.717) is 6.04 Å². The molecule has 0 aliphatic carbocycles. The van der Waals surface area contributed by atoms with E-state index in [2.05, 4.69) is 46.2 Å². The van der Waals surface area contributed by atoms with Crippen LogP contribution >= 0.6 is 23.1 Å². The fraction of sp³-hybridized carbons (Fsp3) is 0.462. The van der Waals surface area contributed by atoms with Gasteiger partial charge in [0.15, 0.2) is 0 Å². The topological polar surface area (TPSA) is 40.7 Å². The summed E-state index contributed by atoms with van der Waals surface area (Å²) in [5.41, 5.74) is 2.40. The molecule has 1 unspecified atom stereocenters. The molecule has 1 atom stereocenters. The van der Waals surface area contributed by atoms with Crippen LogP contribution in [-0.4, -0.2) is 28.2 Å². The Morgan fingerprint density at radius 2 is 2.44 bits per heavy atom. The lowest BCUT2D eigenvalue weighted by Crippen LogP contribution is -2.30. The maximum absolute atomic E-state index is 4.16. The maximum atomic E-state index is 4.16. The maximum Gasteiger partial charge on any atom is 0.0794 e. The number of hydrogen-bond donors (Lipinski definition) is 2. The fourth-order valence-corrected chi connectivity index (χ4v) is 3.37. The van der Waals surface area contributed by atoms with Crippen molar-refractivity contribution in [3.8, 4) is 10.6 Å². The van der Waals surface area contributed by atoms with Crippen molar-refractivity contribution in [3.05, 3.63) is 29.3 Å². The summed E-state index contributed by atoms with van der Waals surface area (Å²) in [6.07, 6.45) is 5.24. The molecule has 2 N–H and O–H groups in total. The van der Waals surface area contributed by atoms with Gasteiger partial charge >= 0.3 is 0 Å². The van der Waals surface area contributed by atoms with Crippen LogP contribution in [0.5, 0.6) is 0 Å². The van der Waals surface area contributed by atoms with Gasteiger partial charge in [-0.25, -0.2) is 0 Å². The van der Waals surface area contributed by atoms with Gasteiger partial charge in [-0.05, 0) is 24.1 Å². The average Bonchev–Trinajstić information content (AvgIpc) is 3.04. The molecule has 3 nitrogen and oxygen atoms in total. The number of rotatable bonds is 7. The van der Waals surface area contributed by atoms with Gasteiger partial charge in [-0.1, -0.05) is 13.0 Å². The molecular formula is C13H19N3S2. The van der Waals surface area contributed by atoms with Crippen LogP contribution in [0.15, 0.2) is 23.7 Å². The minimum absolute atomic E-state index is 0.575. The van der Waals surface area contributed by atoms with Crippen molar-refractivity contribution in [2.45, 2.75) is 25.9 Å². The molecule has 0 fully saturated rings. The van der Waals surface area contributed by atoms with Gasteiger partial charge in [0.1, 0.15) is 0 Å². The molecule has 18 heavy (non-hydrogen) atoms. The first-order valence-electron chi connectivity index (χ1n) is 6.13.